The van der Waals surface area contributed by atoms with Gasteiger partial charge in [-0.05, 0) is 32.9 Å². The number of rotatable bonds is 1. The summed E-state index contributed by atoms with van der Waals surface area (Å²) >= 11 is 0. The third-order valence-corrected chi connectivity index (χ3v) is 3.11. The highest BCUT2D eigenvalue weighted by atomic mass is 16.2. The highest BCUT2D eigenvalue weighted by molar-refractivity contribution is 5.95. The molecule has 4 nitrogen and oxygen atoms in total. The SMILES string of the molecule is Cc1ccc(C(=O)N2CCN[C@@H](C)C2)c(C)n1. The van der Waals surface area contributed by atoms with Crippen LogP contribution in [-0.4, -0.2) is 41.5 Å². The van der Waals surface area contributed by atoms with Crippen molar-refractivity contribution in [3.8, 4) is 0 Å². The van der Waals surface area contributed by atoms with Gasteiger partial charge in [-0.2, -0.15) is 0 Å². The molecule has 1 atom stereocenters. The van der Waals surface area contributed by atoms with Gasteiger partial charge in [0.05, 0.1) is 11.3 Å². The van der Waals surface area contributed by atoms with Crippen LogP contribution in [0.5, 0.6) is 0 Å². The van der Waals surface area contributed by atoms with Crippen molar-refractivity contribution in [3.05, 3.63) is 29.1 Å². The molecule has 4 heteroatoms. The fourth-order valence-electron chi connectivity index (χ4n) is 2.20. The second-order valence-corrected chi connectivity index (χ2v) is 4.69. The first-order valence-electron chi connectivity index (χ1n) is 6.05. The number of amides is 1. The van der Waals surface area contributed by atoms with Gasteiger partial charge in [0.1, 0.15) is 0 Å². The Morgan fingerprint density at radius 2 is 2.24 bits per heavy atom. The van der Waals surface area contributed by atoms with Crippen molar-refractivity contribution in [2.75, 3.05) is 19.6 Å². The molecule has 2 rings (SSSR count). The number of hydrogen-bond donors (Lipinski definition) is 1. The maximum atomic E-state index is 12.3. The van der Waals surface area contributed by atoms with Crippen molar-refractivity contribution in [1.29, 1.82) is 0 Å². The molecule has 0 aromatic carbocycles. The zero-order valence-corrected chi connectivity index (χ0v) is 10.7. The van der Waals surface area contributed by atoms with E-state index in [2.05, 4.69) is 17.2 Å². The molecule has 2 heterocycles. The van der Waals surface area contributed by atoms with Gasteiger partial charge in [0.25, 0.3) is 5.91 Å². The molecular weight excluding hydrogens is 214 g/mol. The predicted molar refractivity (Wildman–Crippen MR) is 67.1 cm³/mol. The van der Waals surface area contributed by atoms with Crippen LogP contribution in [0.2, 0.25) is 0 Å². The van der Waals surface area contributed by atoms with Gasteiger partial charge in [-0.3, -0.25) is 9.78 Å². The fraction of sp³-hybridized carbons (Fsp3) is 0.538. The Bertz CT molecular complexity index is 431. The number of pyridine rings is 1. The maximum Gasteiger partial charge on any atom is 0.255 e. The highest BCUT2D eigenvalue weighted by Gasteiger charge is 2.22. The Kier molecular flexibility index (Phi) is 3.43. The number of nitrogens with zero attached hydrogens (tertiary/aromatic N) is 2. The van der Waals surface area contributed by atoms with Crippen molar-refractivity contribution in [1.82, 2.24) is 15.2 Å². The van der Waals surface area contributed by atoms with E-state index >= 15 is 0 Å². The second kappa shape index (κ2) is 4.84. The van der Waals surface area contributed by atoms with Crippen molar-refractivity contribution in [2.24, 2.45) is 0 Å². The molecule has 0 spiro atoms. The molecule has 1 fully saturated rings. The topological polar surface area (TPSA) is 45.2 Å². The zero-order valence-electron chi connectivity index (χ0n) is 10.7. The van der Waals surface area contributed by atoms with Gasteiger partial charge in [0.2, 0.25) is 0 Å². The lowest BCUT2D eigenvalue weighted by Crippen LogP contribution is -2.51. The third-order valence-electron chi connectivity index (χ3n) is 3.11. The monoisotopic (exact) mass is 233 g/mol. The molecule has 92 valence electrons. The lowest BCUT2D eigenvalue weighted by Gasteiger charge is -2.32. The van der Waals surface area contributed by atoms with Crippen LogP contribution in [-0.2, 0) is 0 Å². The molecular formula is C13H19N3O. The molecule has 1 amide bonds. The normalized spacial score (nSPS) is 20.4. The van der Waals surface area contributed by atoms with Crippen LogP contribution in [0, 0.1) is 13.8 Å². The number of nitrogens with one attached hydrogen (secondary N) is 1. The minimum atomic E-state index is 0.100. The molecule has 1 aliphatic rings. The van der Waals surface area contributed by atoms with Crippen LogP contribution in [0.25, 0.3) is 0 Å². The Morgan fingerprint density at radius 3 is 2.88 bits per heavy atom. The van der Waals surface area contributed by atoms with E-state index in [-0.39, 0.29) is 5.91 Å². The Morgan fingerprint density at radius 1 is 1.47 bits per heavy atom. The summed E-state index contributed by atoms with van der Waals surface area (Å²) in [6.45, 7) is 8.34. The smallest absolute Gasteiger partial charge is 0.255 e. The van der Waals surface area contributed by atoms with Crippen LogP contribution in [0.1, 0.15) is 28.7 Å². The third kappa shape index (κ3) is 2.64. The van der Waals surface area contributed by atoms with E-state index in [4.69, 9.17) is 0 Å². The van der Waals surface area contributed by atoms with Gasteiger partial charge in [-0.1, -0.05) is 0 Å². The summed E-state index contributed by atoms with van der Waals surface area (Å²) in [6, 6.07) is 4.14. The van der Waals surface area contributed by atoms with Crippen LogP contribution in [0.3, 0.4) is 0 Å². The van der Waals surface area contributed by atoms with Crippen molar-refractivity contribution in [2.45, 2.75) is 26.8 Å². The summed E-state index contributed by atoms with van der Waals surface area (Å²) in [4.78, 5) is 18.6. The first-order chi connectivity index (χ1) is 8.08. The van der Waals surface area contributed by atoms with E-state index in [0.717, 1.165) is 36.6 Å². The van der Waals surface area contributed by atoms with Crippen molar-refractivity contribution < 1.29 is 4.79 Å². The fourth-order valence-corrected chi connectivity index (χ4v) is 2.20. The van der Waals surface area contributed by atoms with Crippen LogP contribution in [0.15, 0.2) is 12.1 Å². The van der Waals surface area contributed by atoms with Gasteiger partial charge in [0.15, 0.2) is 0 Å². The summed E-state index contributed by atoms with van der Waals surface area (Å²) < 4.78 is 0. The van der Waals surface area contributed by atoms with E-state index in [1.807, 2.05) is 30.9 Å². The molecule has 1 aliphatic heterocycles. The van der Waals surface area contributed by atoms with Gasteiger partial charge < -0.3 is 10.2 Å². The van der Waals surface area contributed by atoms with E-state index < -0.39 is 0 Å². The van der Waals surface area contributed by atoms with E-state index in [1.165, 1.54) is 0 Å². The van der Waals surface area contributed by atoms with Gasteiger partial charge in [-0.25, -0.2) is 0 Å². The summed E-state index contributed by atoms with van der Waals surface area (Å²) in [5.41, 5.74) is 2.50. The maximum absolute atomic E-state index is 12.3. The Balaban J connectivity index is 2.18. The number of aryl methyl sites for hydroxylation is 2. The lowest BCUT2D eigenvalue weighted by molar-refractivity contribution is 0.0708. The quantitative estimate of drug-likeness (QED) is 0.791. The summed E-state index contributed by atoms with van der Waals surface area (Å²) in [5.74, 6) is 0.100. The first kappa shape index (κ1) is 12.0. The predicted octanol–water partition coefficient (Wildman–Crippen LogP) is 1.13. The summed E-state index contributed by atoms with van der Waals surface area (Å²) in [6.07, 6.45) is 0. The molecule has 0 saturated carbocycles. The minimum absolute atomic E-state index is 0.100. The largest absolute Gasteiger partial charge is 0.336 e. The molecule has 0 radical (unpaired) electrons. The summed E-state index contributed by atoms with van der Waals surface area (Å²) in [7, 11) is 0. The zero-order chi connectivity index (χ0) is 12.4. The summed E-state index contributed by atoms with van der Waals surface area (Å²) in [5, 5.41) is 3.33. The molecule has 1 aromatic heterocycles. The molecule has 0 unspecified atom stereocenters. The average Bonchev–Trinajstić information content (AvgIpc) is 2.28. The van der Waals surface area contributed by atoms with E-state index in [9.17, 15) is 4.79 Å². The van der Waals surface area contributed by atoms with E-state index in [1.54, 1.807) is 0 Å². The minimum Gasteiger partial charge on any atom is -0.336 e. The number of carbonyl (C=O) groups is 1. The highest BCUT2D eigenvalue weighted by Crippen LogP contribution is 2.11. The second-order valence-electron chi connectivity index (χ2n) is 4.69. The Hall–Kier alpha value is -1.42. The van der Waals surface area contributed by atoms with Crippen LogP contribution < -0.4 is 5.32 Å². The van der Waals surface area contributed by atoms with Gasteiger partial charge in [-0.15, -0.1) is 0 Å². The number of hydrogen-bond acceptors (Lipinski definition) is 3. The lowest BCUT2D eigenvalue weighted by atomic mass is 10.1. The molecule has 0 bridgehead atoms. The first-order valence-corrected chi connectivity index (χ1v) is 6.05. The number of piperazine rings is 1. The molecule has 0 aliphatic carbocycles. The molecule has 1 saturated heterocycles. The standard InChI is InChI=1S/C13H19N3O/c1-9-4-5-12(11(3)15-9)13(17)16-7-6-14-10(2)8-16/h4-5,10,14H,6-8H2,1-3H3/t10-/m0/s1. The van der Waals surface area contributed by atoms with Gasteiger partial charge >= 0.3 is 0 Å². The number of carbonyl (C=O) groups excluding carboxylic acids is 1. The van der Waals surface area contributed by atoms with Crippen molar-refractivity contribution in [3.63, 3.8) is 0 Å². The van der Waals surface area contributed by atoms with Gasteiger partial charge in [0, 0.05) is 31.4 Å². The van der Waals surface area contributed by atoms with Crippen molar-refractivity contribution >= 4 is 5.91 Å². The number of aromatic nitrogens is 1. The van der Waals surface area contributed by atoms with Crippen LogP contribution >= 0.6 is 0 Å². The Labute approximate surface area is 102 Å². The molecule has 17 heavy (non-hydrogen) atoms. The average molecular weight is 233 g/mol. The van der Waals surface area contributed by atoms with Crippen LogP contribution in [0.4, 0.5) is 0 Å². The molecule has 1 N–H and O–H groups in total. The van der Waals surface area contributed by atoms with E-state index in [0.29, 0.717) is 6.04 Å². The molecule has 1 aromatic rings.